The van der Waals surface area contributed by atoms with Gasteiger partial charge in [0.2, 0.25) is 0 Å². The topological polar surface area (TPSA) is 42.0 Å². The molecule has 0 spiro atoms. The van der Waals surface area contributed by atoms with Crippen LogP contribution < -0.4 is 5.32 Å². The maximum Gasteiger partial charge on any atom is 0.402 e. The summed E-state index contributed by atoms with van der Waals surface area (Å²) in [5, 5.41) is 2.63. The Morgan fingerprint density at radius 3 is 2.68 bits per heavy atom. The Balaban J connectivity index is 2.19. The first kappa shape index (κ1) is 14.5. The highest BCUT2D eigenvalue weighted by atomic mass is 79.9. The Morgan fingerprint density at radius 1 is 1.47 bits per heavy atom. The molecule has 2 rings (SSSR count). The van der Waals surface area contributed by atoms with Crippen molar-refractivity contribution in [1.82, 2.24) is 10.3 Å². The first-order valence-electron chi connectivity index (χ1n) is 5.76. The minimum absolute atomic E-state index is 0.203. The molecule has 0 aliphatic carbocycles. The second-order valence-electron chi connectivity index (χ2n) is 4.57. The molecule has 1 aromatic rings. The second kappa shape index (κ2) is 5.20. The second-order valence-corrected chi connectivity index (χ2v) is 5.49. The summed E-state index contributed by atoms with van der Waals surface area (Å²) in [6.45, 7) is -0.134. The summed E-state index contributed by atoms with van der Waals surface area (Å²) in [6.07, 6.45) is -3.56. The molecule has 1 saturated heterocycles. The Bertz CT molecular complexity index is 467. The number of rotatable bonds is 3. The summed E-state index contributed by atoms with van der Waals surface area (Å²) in [4.78, 5) is 16.0. The number of hydrogen-bond donors (Lipinski definition) is 1. The molecule has 0 saturated carbocycles. The van der Waals surface area contributed by atoms with Crippen LogP contribution in [0.4, 0.5) is 13.2 Å². The van der Waals surface area contributed by atoms with Crippen LogP contribution in [-0.2, 0) is 11.2 Å². The lowest BCUT2D eigenvalue weighted by atomic mass is 9.80. The van der Waals surface area contributed by atoms with E-state index in [1.54, 1.807) is 12.1 Å². The van der Waals surface area contributed by atoms with Crippen LogP contribution in [0.5, 0.6) is 0 Å². The van der Waals surface area contributed by atoms with E-state index in [-0.39, 0.29) is 25.9 Å². The fourth-order valence-electron chi connectivity index (χ4n) is 2.17. The van der Waals surface area contributed by atoms with Crippen molar-refractivity contribution in [2.75, 3.05) is 13.1 Å². The van der Waals surface area contributed by atoms with Crippen molar-refractivity contribution in [1.29, 1.82) is 0 Å². The lowest BCUT2D eigenvalue weighted by Gasteiger charge is -2.29. The minimum atomic E-state index is -4.52. The molecule has 19 heavy (non-hydrogen) atoms. The van der Waals surface area contributed by atoms with E-state index in [9.17, 15) is 18.0 Å². The van der Waals surface area contributed by atoms with E-state index in [2.05, 4.69) is 26.2 Å². The van der Waals surface area contributed by atoms with Gasteiger partial charge in [-0.2, -0.15) is 13.2 Å². The van der Waals surface area contributed by atoms with Gasteiger partial charge in [-0.1, -0.05) is 0 Å². The highest BCUT2D eigenvalue weighted by molar-refractivity contribution is 9.10. The molecule has 1 aliphatic heterocycles. The van der Waals surface area contributed by atoms with Crippen LogP contribution in [0, 0.1) is 5.41 Å². The third-order valence-electron chi connectivity index (χ3n) is 3.36. The summed E-state index contributed by atoms with van der Waals surface area (Å²) in [7, 11) is 0. The fraction of sp³-hybridized carbons (Fsp3) is 0.500. The molecule has 7 heteroatoms. The molecule has 2 heterocycles. The normalized spacial score (nSPS) is 23.6. The molecule has 1 atom stereocenters. The summed E-state index contributed by atoms with van der Waals surface area (Å²) in [5.74, 6) is -0.820. The van der Waals surface area contributed by atoms with Gasteiger partial charge in [-0.3, -0.25) is 9.78 Å². The fourth-order valence-corrected chi connectivity index (χ4v) is 2.41. The Labute approximate surface area is 116 Å². The van der Waals surface area contributed by atoms with Crippen LogP contribution in [0.1, 0.15) is 12.1 Å². The molecule has 1 fully saturated rings. The smallest absolute Gasteiger partial charge is 0.315 e. The van der Waals surface area contributed by atoms with Crippen LogP contribution in [-0.4, -0.2) is 30.0 Å². The molecule has 1 aliphatic rings. The molecule has 1 N–H and O–H groups in total. The third-order valence-corrected chi connectivity index (χ3v) is 3.83. The molecule has 1 aromatic heterocycles. The van der Waals surface area contributed by atoms with Gasteiger partial charge in [-0.15, -0.1) is 0 Å². The summed E-state index contributed by atoms with van der Waals surface area (Å²) in [5.41, 5.74) is -1.91. The average molecular weight is 337 g/mol. The lowest BCUT2D eigenvalue weighted by molar-refractivity contribution is -0.214. The molecular weight excluding hydrogens is 325 g/mol. The number of halogens is 4. The van der Waals surface area contributed by atoms with E-state index in [1.165, 1.54) is 6.20 Å². The van der Waals surface area contributed by atoms with Crippen molar-refractivity contribution in [2.45, 2.75) is 19.0 Å². The predicted octanol–water partition coefficient (Wildman–Crippen LogP) is 2.50. The maximum absolute atomic E-state index is 13.1. The molecule has 0 bridgehead atoms. The van der Waals surface area contributed by atoms with Crippen molar-refractivity contribution < 1.29 is 18.0 Å². The standard InChI is InChI=1S/C12H12BrF3N2O/c13-8-1-2-9(18-6-8)5-10(19)11(12(14,15)16)3-4-17-7-11/h1-2,6,17H,3-5,7H2. The first-order chi connectivity index (χ1) is 8.85. The number of nitrogens with zero attached hydrogens (tertiary/aromatic N) is 1. The number of carbonyl (C=O) groups excluding carboxylic acids is 1. The average Bonchev–Trinajstić information content (AvgIpc) is 2.82. The van der Waals surface area contributed by atoms with Crippen LogP contribution in [0.25, 0.3) is 0 Å². The van der Waals surface area contributed by atoms with E-state index < -0.39 is 17.4 Å². The van der Waals surface area contributed by atoms with Crippen molar-refractivity contribution in [2.24, 2.45) is 5.41 Å². The Morgan fingerprint density at radius 2 is 2.21 bits per heavy atom. The molecule has 0 aromatic carbocycles. The van der Waals surface area contributed by atoms with E-state index in [0.29, 0.717) is 5.69 Å². The highest BCUT2D eigenvalue weighted by Gasteiger charge is 2.60. The van der Waals surface area contributed by atoms with Crippen molar-refractivity contribution in [3.8, 4) is 0 Å². The molecule has 3 nitrogen and oxygen atoms in total. The van der Waals surface area contributed by atoms with Gasteiger partial charge in [0, 0.05) is 29.3 Å². The van der Waals surface area contributed by atoms with Crippen molar-refractivity contribution >= 4 is 21.7 Å². The number of aromatic nitrogens is 1. The quantitative estimate of drug-likeness (QED) is 0.922. The number of hydrogen-bond acceptors (Lipinski definition) is 3. The van der Waals surface area contributed by atoms with Gasteiger partial charge in [0.05, 0.1) is 0 Å². The number of alkyl halides is 3. The number of Topliss-reactive ketones (excluding diaryl/α,β-unsaturated/α-hetero) is 1. The first-order valence-corrected chi connectivity index (χ1v) is 6.56. The van der Waals surface area contributed by atoms with E-state index >= 15 is 0 Å². The lowest BCUT2D eigenvalue weighted by Crippen LogP contribution is -2.47. The monoisotopic (exact) mass is 336 g/mol. The Kier molecular flexibility index (Phi) is 3.96. The van der Waals surface area contributed by atoms with Crippen LogP contribution in [0.15, 0.2) is 22.8 Å². The van der Waals surface area contributed by atoms with Crippen LogP contribution >= 0.6 is 15.9 Å². The number of pyridine rings is 1. The summed E-state index contributed by atoms with van der Waals surface area (Å²) >= 11 is 3.18. The van der Waals surface area contributed by atoms with Gasteiger partial charge in [-0.05, 0) is 41.0 Å². The SMILES string of the molecule is O=C(Cc1ccc(Br)cn1)C1(C(F)(F)F)CCNC1. The predicted molar refractivity (Wildman–Crippen MR) is 66.6 cm³/mol. The third kappa shape index (κ3) is 2.81. The van der Waals surface area contributed by atoms with Crippen LogP contribution in [0.3, 0.4) is 0 Å². The maximum atomic E-state index is 13.1. The van der Waals surface area contributed by atoms with E-state index in [0.717, 1.165) is 4.47 Å². The van der Waals surface area contributed by atoms with Gasteiger partial charge in [0.25, 0.3) is 0 Å². The van der Waals surface area contributed by atoms with E-state index in [1.807, 2.05) is 0 Å². The highest BCUT2D eigenvalue weighted by Crippen LogP contribution is 2.44. The largest absolute Gasteiger partial charge is 0.402 e. The van der Waals surface area contributed by atoms with Gasteiger partial charge in [0.1, 0.15) is 5.41 Å². The summed E-state index contributed by atoms with van der Waals surface area (Å²) in [6, 6.07) is 3.21. The Hall–Kier alpha value is -0.950. The number of carbonyl (C=O) groups is 1. The number of ketones is 1. The van der Waals surface area contributed by atoms with Crippen molar-refractivity contribution in [3.63, 3.8) is 0 Å². The van der Waals surface area contributed by atoms with Gasteiger partial charge >= 0.3 is 6.18 Å². The zero-order valence-corrected chi connectivity index (χ0v) is 11.5. The minimum Gasteiger partial charge on any atom is -0.315 e. The molecular formula is C12H12BrF3N2O. The summed E-state index contributed by atoms with van der Waals surface area (Å²) < 4.78 is 40.2. The molecule has 104 valence electrons. The molecule has 1 unspecified atom stereocenters. The number of nitrogens with one attached hydrogen (secondary N) is 1. The van der Waals surface area contributed by atoms with Crippen molar-refractivity contribution in [3.05, 3.63) is 28.5 Å². The van der Waals surface area contributed by atoms with E-state index in [4.69, 9.17) is 0 Å². The zero-order valence-electron chi connectivity index (χ0n) is 9.93. The van der Waals surface area contributed by atoms with Gasteiger partial charge in [0.15, 0.2) is 5.78 Å². The van der Waals surface area contributed by atoms with Gasteiger partial charge < -0.3 is 5.32 Å². The molecule has 0 amide bonds. The van der Waals surface area contributed by atoms with Gasteiger partial charge in [-0.25, -0.2) is 0 Å². The zero-order chi connectivity index (χ0) is 14.1. The van der Waals surface area contributed by atoms with Crippen LogP contribution in [0.2, 0.25) is 0 Å². The molecule has 0 radical (unpaired) electrons.